The third kappa shape index (κ3) is 5.41. The van der Waals surface area contributed by atoms with Gasteiger partial charge in [-0.15, -0.1) is 6.42 Å². The van der Waals surface area contributed by atoms with Gasteiger partial charge in [-0.25, -0.2) is 0 Å². The number of aliphatic imine (C=N–C) groups is 1. The van der Waals surface area contributed by atoms with Gasteiger partial charge in [-0.05, 0) is 31.6 Å². The summed E-state index contributed by atoms with van der Waals surface area (Å²) in [5.41, 5.74) is 0. The van der Waals surface area contributed by atoms with E-state index in [1.54, 1.807) is 7.05 Å². The Bertz CT molecular complexity index is 336. The predicted molar refractivity (Wildman–Crippen MR) is 69.7 cm³/mol. The van der Waals surface area contributed by atoms with E-state index in [0.29, 0.717) is 31.9 Å². The molecule has 1 fully saturated rings. The number of hydrogen-bond acceptors (Lipinski definition) is 1. The second-order valence-electron chi connectivity index (χ2n) is 4.77. The first-order chi connectivity index (χ1) is 8.97. The van der Waals surface area contributed by atoms with E-state index in [1.807, 2.05) is 0 Å². The Balaban J connectivity index is 2.28. The van der Waals surface area contributed by atoms with E-state index < -0.39 is 12.1 Å². The lowest BCUT2D eigenvalue weighted by Crippen LogP contribution is -2.41. The zero-order valence-corrected chi connectivity index (χ0v) is 11.1. The molecule has 2 N–H and O–H groups in total. The minimum atomic E-state index is -4.04. The van der Waals surface area contributed by atoms with Crippen LogP contribution in [0.5, 0.6) is 0 Å². The average molecular weight is 275 g/mol. The van der Waals surface area contributed by atoms with Gasteiger partial charge in [-0.3, -0.25) is 4.99 Å². The SMILES string of the molecule is C#CCNC(=NC)NCC1CCC(C(F)(F)F)CC1. The normalized spacial score (nSPS) is 24.7. The molecule has 1 aliphatic rings. The van der Waals surface area contributed by atoms with Gasteiger partial charge in [-0.2, -0.15) is 13.2 Å². The zero-order valence-electron chi connectivity index (χ0n) is 11.1. The van der Waals surface area contributed by atoms with Crippen molar-refractivity contribution in [3.63, 3.8) is 0 Å². The summed E-state index contributed by atoms with van der Waals surface area (Å²) in [4.78, 5) is 3.98. The number of rotatable bonds is 3. The van der Waals surface area contributed by atoms with Crippen LogP contribution in [-0.4, -0.2) is 32.3 Å². The van der Waals surface area contributed by atoms with Gasteiger partial charge in [0.15, 0.2) is 5.96 Å². The molecule has 0 atom stereocenters. The number of terminal acetylenes is 1. The maximum absolute atomic E-state index is 12.5. The van der Waals surface area contributed by atoms with Gasteiger partial charge in [0.25, 0.3) is 0 Å². The number of nitrogens with one attached hydrogen (secondary N) is 2. The molecule has 0 unspecified atom stereocenters. The van der Waals surface area contributed by atoms with Crippen molar-refractivity contribution in [1.29, 1.82) is 0 Å². The standard InChI is InChI=1S/C13H20F3N3/c1-3-8-18-12(17-2)19-9-10-4-6-11(7-5-10)13(14,15)16/h1,10-11H,4-9H2,2H3,(H2,17,18,19). The molecule has 3 nitrogen and oxygen atoms in total. The Morgan fingerprint density at radius 2 is 1.89 bits per heavy atom. The number of halogens is 3. The summed E-state index contributed by atoms with van der Waals surface area (Å²) in [6.07, 6.45) is 2.74. The highest BCUT2D eigenvalue weighted by Crippen LogP contribution is 2.39. The molecule has 108 valence electrons. The fourth-order valence-corrected chi connectivity index (χ4v) is 2.29. The maximum Gasteiger partial charge on any atom is 0.391 e. The van der Waals surface area contributed by atoms with Crippen molar-refractivity contribution in [2.75, 3.05) is 20.1 Å². The largest absolute Gasteiger partial charge is 0.391 e. The highest BCUT2D eigenvalue weighted by molar-refractivity contribution is 5.79. The van der Waals surface area contributed by atoms with E-state index in [2.05, 4.69) is 21.5 Å². The first-order valence-electron chi connectivity index (χ1n) is 6.42. The van der Waals surface area contributed by atoms with Gasteiger partial charge >= 0.3 is 6.18 Å². The second kappa shape index (κ2) is 7.27. The Morgan fingerprint density at radius 1 is 1.26 bits per heavy atom. The number of nitrogens with zero attached hydrogens (tertiary/aromatic N) is 1. The van der Waals surface area contributed by atoms with E-state index in [1.165, 1.54) is 0 Å². The van der Waals surface area contributed by atoms with Crippen molar-refractivity contribution in [2.24, 2.45) is 16.8 Å². The van der Waals surface area contributed by atoms with Crippen LogP contribution in [-0.2, 0) is 0 Å². The molecule has 0 aromatic carbocycles. The van der Waals surface area contributed by atoms with Crippen LogP contribution in [0.1, 0.15) is 25.7 Å². The van der Waals surface area contributed by atoms with Crippen LogP contribution in [0.2, 0.25) is 0 Å². The van der Waals surface area contributed by atoms with E-state index in [9.17, 15) is 13.2 Å². The summed E-state index contributed by atoms with van der Waals surface area (Å²) < 4.78 is 37.5. The molecule has 0 heterocycles. The zero-order chi connectivity index (χ0) is 14.3. The van der Waals surface area contributed by atoms with Crippen molar-refractivity contribution < 1.29 is 13.2 Å². The van der Waals surface area contributed by atoms with Crippen LogP contribution < -0.4 is 10.6 Å². The topological polar surface area (TPSA) is 36.4 Å². The molecule has 0 aromatic heterocycles. The summed E-state index contributed by atoms with van der Waals surface area (Å²) in [5, 5.41) is 6.00. The van der Waals surface area contributed by atoms with Gasteiger partial charge in [-0.1, -0.05) is 5.92 Å². The molecular weight excluding hydrogens is 255 g/mol. The van der Waals surface area contributed by atoms with Crippen LogP contribution in [0, 0.1) is 24.2 Å². The molecule has 0 radical (unpaired) electrons. The highest BCUT2D eigenvalue weighted by Gasteiger charge is 2.41. The average Bonchev–Trinajstić information content (AvgIpc) is 2.38. The quantitative estimate of drug-likeness (QED) is 0.470. The summed E-state index contributed by atoms with van der Waals surface area (Å²) >= 11 is 0. The summed E-state index contributed by atoms with van der Waals surface area (Å²) in [6, 6.07) is 0. The summed E-state index contributed by atoms with van der Waals surface area (Å²) in [7, 11) is 1.63. The predicted octanol–water partition coefficient (Wildman–Crippen LogP) is 2.15. The summed E-state index contributed by atoms with van der Waals surface area (Å²) in [6.45, 7) is 1.01. The van der Waals surface area contributed by atoms with Crippen molar-refractivity contribution in [3.8, 4) is 12.3 Å². The van der Waals surface area contributed by atoms with Crippen molar-refractivity contribution >= 4 is 5.96 Å². The molecule has 0 aromatic rings. The lowest BCUT2D eigenvalue weighted by atomic mass is 9.81. The molecule has 6 heteroatoms. The number of alkyl halides is 3. The van der Waals surface area contributed by atoms with Gasteiger partial charge in [0.05, 0.1) is 12.5 Å². The minimum Gasteiger partial charge on any atom is -0.356 e. The van der Waals surface area contributed by atoms with Crippen LogP contribution in [0.25, 0.3) is 0 Å². The fraction of sp³-hybridized carbons (Fsp3) is 0.769. The molecule has 1 saturated carbocycles. The van der Waals surface area contributed by atoms with E-state index >= 15 is 0 Å². The first kappa shape index (κ1) is 15.7. The Morgan fingerprint density at radius 3 is 2.37 bits per heavy atom. The Labute approximate surface area is 112 Å². The van der Waals surface area contributed by atoms with Crippen LogP contribution in [0.15, 0.2) is 4.99 Å². The molecule has 0 saturated heterocycles. The van der Waals surface area contributed by atoms with E-state index in [4.69, 9.17) is 6.42 Å². The highest BCUT2D eigenvalue weighted by atomic mass is 19.4. The fourth-order valence-electron chi connectivity index (χ4n) is 2.29. The maximum atomic E-state index is 12.5. The van der Waals surface area contributed by atoms with Crippen LogP contribution in [0.3, 0.4) is 0 Å². The van der Waals surface area contributed by atoms with Gasteiger partial charge < -0.3 is 10.6 Å². The summed E-state index contributed by atoms with van der Waals surface area (Å²) in [5.74, 6) is 2.17. The molecule has 19 heavy (non-hydrogen) atoms. The molecule has 0 aliphatic heterocycles. The Kier molecular flexibility index (Phi) is 6.00. The molecule has 1 rings (SSSR count). The first-order valence-corrected chi connectivity index (χ1v) is 6.42. The second-order valence-corrected chi connectivity index (χ2v) is 4.77. The molecule has 0 bridgehead atoms. The van der Waals surface area contributed by atoms with Crippen LogP contribution >= 0.6 is 0 Å². The van der Waals surface area contributed by atoms with Gasteiger partial charge in [0.2, 0.25) is 0 Å². The van der Waals surface area contributed by atoms with E-state index in [0.717, 1.165) is 0 Å². The van der Waals surface area contributed by atoms with Crippen molar-refractivity contribution in [3.05, 3.63) is 0 Å². The number of hydrogen-bond donors (Lipinski definition) is 2. The Hall–Kier alpha value is -1.38. The lowest BCUT2D eigenvalue weighted by Gasteiger charge is -2.30. The smallest absolute Gasteiger partial charge is 0.356 e. The monoisotopic (exact) mass is 275 g/mol. The third-order valence-electron chi connectivity index (χ3n) is 3.45. The van der Waals surface area contributed by atoms with Crippen LogP contribution in [0.4, 0.5) is 13.2 Å². The minimum absolute atomic E-state index is 0.228. The van der Waals surface area contributed by atoms with E-state index in [-0.39, 0.29) is 18.8 Å². The molecule has 0 amide bonds. The van der Waals surface area contributed by atoms with Crippen molar-refractivity contribution in [1.82, 2.24) is 10.6 Å². The lowest BCUT2D eigenvalue weighted by molar-refractivity contribution is -0.183. The molecule has 1 aliphatic carbocycles. The number of guanidine groups is 1. The third-order valence-corrected chi connectivity index (χ3v) is 3.45. The van der Waals surface area contributed by atoms with Crippen molar-refractivity contribution in [2.45, 2.75) is 31.9 Å². The van der Waals surface area contributed by atoms with Gasteiger partial charge in [0, 0.05) is 13.6 Å². The molecular formula is C13H20F3N3. The van der Waals surface area contributed by atoms with Gasteiger partial charge in [0.1, 0.15) is 0 Å². The molecule has 0 spiro atoms.